The topological polar surface area (TPSA) is 82.4 Å². The minimum absolute atomic E-state index is 0.344. The zero-order chi connectivity index (χ0) is 17.5. The number of hydrogen-bond donors (Lipinski definition) is 1. The lowest BCUT2D eigenvalue weighted by atomic mass is 10.2. The van der Waals surface area contributed by atoms with Crippen molar-refractivity contribution in [3.05, 3.63) is 59.7 Å². The maximum Gasteiger partial charge on any atom is 0.338 e. The fraction of sp³-hybridized carbons (Fsp3) is 0.167. The lowest BCUT2D eigenvalue weighted by molar-refractivity contribution is -0.119. The molecule has 0 fully saturated rings. The predicted molar refractivity (Wildman–Crippen MR) is 90.8 cm³/mol. The number of rotatable bonds is 5. The summed E-state index contributed by atoms with van der Waals surface area (Å²) in [6.45, 7) is -0.423. The van der Waals surface area contributed by atoms with Gasteiger partial charge >= 0.3 is 5.97 Å². The van der Waals surface area contributed by atoms with Gasteiger partial charge in [-0.1, -0.05) is 12.1 Å². The van der Waals surface area contributed by atoms with Gasteiger partial charge in [0.05, 0.1) is 16.8 Å². The van der Waals surface area contributed by atoms with E-state index in [1.165, 1.54) is 0 Å². The van der Waals surface area contributed by atoms with Gasteiger partial charge in [-0.25, -0.2) is 4.79 Å². The molecule has 0 aromatic heterocycles. The summed E-state index contributed by atoms with van der Waals surface area (Å²) in [5, 5.41) is 11.5. The van der Waals surface area contributed by atoms with Crippen LogP contribution < -0.4 is 10.2 Å². The van der Waals surface area contributed by atoms with Crippen LogP contribution in [-0.2, 0) is 9.53 Å². The number of carbonyl (C=O) groups is 2. The Morgan fingerprint density at radius 1 is 1.12 bits per heavy atom. The Hall–Kier alpha value is -3.33. The monoisotopic (exact) mass is 323 g/mol. The van der Waals surface area contributed by atoms with Gasteiger partial charge in [0.15, 0.2) is 6.61 Å². The quantitative estimate of drug-likeness (QED) is 0.855. The average Bonchev–Trinajstić information content (AvgIpc) is 2.60. The highest BCUT2D eigenvalue weighted by Gasteiger charge is 2.11. The average molecular weight is 323 g/mol. The summed E-state index contributed by atoms with van der Waals surface area (Å²) in [4.78, 5) is 25.7. The molecule has 0 saturated heterocycles. The van der Waals surface area contributed by atoms with E-state index in [2.05, 4.69) is 5.32 Å². The minimum Gasteiger partial charge on any atom is -0.452 e. The Labute approximate surface area is 140 Å². The van der Waals surface area contributed by atoms with Crippen LogP contribution in [0.2, 0.25) is 0 Å². The molecule has 2 rings (SSSR count). The Morgan fingerprint density at radius 3 is 2.42 bits per heavy atom. The first-order valence-corrected chi connectivity index (χ1v) is 7.24. The molecule has 6 heteroatoms. The van der Waals surface area contributed by atoms with Crippen LogP contribution in [0.25, 0.3) is 0 Å². The van der Waals surface area contributed by atoms with Crippen LogP contribution >= 0.6 is 0 Å². The molecule has 0 radical (unpaired) electrons. The van der Waals surface area contributed by atoms with Crippen molar-refractivity contribution in [2.75, 3.05) is 30.9 Å². The maximum atomic E-state index is 11.9. The fourth-order valence-corrected chi connectivity index (χ4v) is 1.99. The molecule has 0 aliphatic heterocycles. The van der Waals surface area contributed by atoms with Gasteiger partial charge in [0.2, 0.25) is 0 Å². The third-order valence-corrected chi connectivity index (χ3v) is 3.28. The highest BCUT2D eigenvalue weighted by molar-refractivity contribution is 5.96. The summed E-state index contributed by atoms with van der Waals surface area (Å²) in [5.74, 6) is -1.08. The summed E-state index contributed by atoms with van der Waals surface area (Å²) in [7, 11) is 3.80. The SMILES string of the molecule is CN(C)c1ccc(C(=O)OCC(=O)Nc2ccccc2C#N)cc1. The number of nitrogens with zero attached hydrogens (tertiary/aromatic N) is 2. The Bertz CT molecular complexity index is 777. The van der Waals surface area contributed by atoms with E-state index >= 15 is 0 Å². The largest absolute Gasteiger partial charge is 0.452 e. The van der Waals surface area contributed by atoms with Crippen molar-refractivity contribution < 1.29 is 14.3 Å². The van der Waals surface area contributed by atoms with E-state index in [1.54, 1.807) is 48.5 Å². The summed E-state index contributed by atoms with van der Waals surface area (Å²) in [6.07, 6.45) is 0. The van der Waals surface area contributed by atoms with Crippen molar-refractivity contribution in [1.29, 1.82) is 5.26 Å². The number of hydrogen-bond acceptors (Lipinski definition) is 5. The molecule has 1 amide bonds. The number of ether oxygens (including phenoxy) is 1. The number of nitriles is 1. The van der Waals surface area contributed by atoms with Crippen LogP contribution in [0.3, 0.4) is 0 Å². The van der Waals surface area contributed by atoms with Gasteiger partial charge in [-0.2, -0.15) is 5.26 Å². The number of carbonyl (C=O) groups excluding carboxylic acids is 2. The molecule has 2 aromatic rings. The number of anilines is 2. The molecule has 0 spiro atoms. The van der Waals surface area contributed by atoms with E-state index in [4.69, 9.17) is 10.00 Å². The van der Waals surface area contributed by atoms with Gasteiger partial charge in [0.25, 0.3) is 5.91 Å². The number of nitrogens with one attached hydrogen (secondary N) is 1. The third-order valence-electron chi connectivity index (χ3n) is 3.28. The zero-order valence-electron chi connectivity index (χ0n) is 13.4. The number of esters is 1. The number of amides is 1. The molecule has 122 valence electrons. The summed E-state index contributed by atoms with van der Waals surface area (Å²) in [5.41, 5.74) is 2.05. The zero-order valence-corrected chi connectivity index (χ0v) is 13.4. The molecule has 0 unspecified atom stereocenters. The molecule has 0 aliphatic carbocycles. The molecule has 2 aromatic carbocycles. The first-order chi connectivity index (χ1) is 11.5. The molecule has 24 heavy (non-hydrogen) atoms. The molecule has 0 bridgehead atoms. The third kappa shape index (κ3) is 4.34. The van der Waals surface area contributed by atoms with Gasteiger partial charge in [0, 0.05) is 19.8 Å². The van der Waals surface area contributed by atoms with Crippen LogP contribution in [0.1, 0.15) is 15.9 Å². The van der Waals surface area contributed by atoms with E-state index < -0.39 is 18.5 Å². The highest BCUT2D eigenvalue weighted by Crippen LogP contribution is 2.14. The number of benzene rings is 2. The first kappa shape index (κ1) is 17.0. The van der Waals surface area contributed by atoms with Gasteiger partial charge in [-0.3, -0.25) is 4.79 Å². The molecule has 0 saturated carbocycles. The van der Waals surface area contributed by atoms with Crippen LogP contribution in [0, 0.1) is 11.3 Å². The van der Waals surface area contributed by atoms with Crippen molar-refractivity contribution in [2.24, 2.45) is 0 Å². The van der Waals surface area contributed by atoms with E-state index in [0.29, 0.717) is 16.8 Å². The maximum absolute atomic E-state index is 11.9. The van der Waals surface area contributed by atoms with Gasteiger partial charge < -0.3 is 15.0 Å². The lowest BCUT2D eigenvalue weighted by Gasteiger charge is -2.12. The molecule has 0 heterocycles. The number of para-hydroxylation sites is 1. The molecule has 0 aliphatic rings. The lowest BCUT2D eigenvalue weighted by Crippen LogP contribution is -2.21. The molecular formula is C18H17N3O3. The Kier molecular flexibility index (Phi) is 5.53. The van der Waals surface area contributed by atoms with Gasteiger partial charge in [-0.05, 0) is 36.4 Å². The van der Waals surface area contributed by atoms with Crippen LogP contribution in [0.4, 0.5) is 11.4 Å². The van der Waals surface area contributed by atoms with E-state index in [9.17, 15) is 9.59 Å². The van der Waals surface area contributed by atoms with Crippen LogP contribution in [0.15, 0.2) is 48.5 Å². The molecular weight excluding hydrogens is 306 g/mol. The molecule has 0 atom stereocenters. The highest BCUT2D eigenvalue weighted by atomic mass is 16.5. The molecule has 6 nitrogen and oxygen atoms in total. The van der Waals surface area contributed by atoms with Crippen molar-refractivity contribution in [3.63, 3.8) is 0 Å². The van der Waals surface area contributed by atoms with E-state index in [0.717, 1.165) is 5.69 Å². The second-order valence-electron chi connectivity index (χ2n) is 5.22. The summed E-state index contributed by atoms with van der Waals surface area (Å²) >= 11 is 0. The smallest absolute Gasteiger partial charge is 0.338 e. The van der Waals surface area contributed by atoms with E-state index in [1.807, 2.05) is 25.1 Å². The standard InChI is InChI=1S/C18H17N3O3/c1-21(2)15-9-7-13(8-10-15)18(23)24-12-17(22)20-16-6-4-3-5-14(16)11-19/h3-10H,12H2,1-2H3,(H,20,22). The second kappa shape index (κ2) is 7.79. The van der Waals surface area contributed by atoms with Gasteiger partial charge in [0.1, 0.15) is 6.07 Å². The Morgan fingerprint density at radius 2 is 1.79 bits per heavy atom. The second-order valence-corrected chi connectivity index (χ2v) is 5.22. The molecule has 1 N–H and O–H groups in total. The summed E-state index contributed by atoms with van der Waals surface area (Å²) in [6, 6.07) is 15.4. The van der Waals surface area contributed by atoms with Gasteiger partial charge in [-0.15, -0.1) is 0 Å². The normalized spacial score (nSPS) is 9.71. The van der Waals surface area contributed by atoms with Crippen molar-refractivity contribution in [3.8, 4) is 6.07 Å². The fourth-order valence-electron chi connectivity index (χ4n) is 1.99. The Balaban J connectivity index is 1.91. The minimum atomic E-state index is -0.580. The van der Waals surface area contributed by atoms with Crippen molar-refractivity contribution in [2.45, 2.75) is 0 Å². The van der Waals surface area contributed by atoms with Crippen LogP contribution in [0.5, 0.6) is 0 Å². The predicted octanol–water partition coefficient (Wildman–Crippen LogP) is 2.42. The van der Waals surface area contributed by atoms with E-state index in [-0.39, 0.29) is 0 Å². The first-order valence-electron chi connectivity index (χ1n) is 7.24. The van der Waals surface area contributed by atoms with Crippen molar-refractivity contribution >= 4 is 23.3 Å². The summed E-state index contributed by atoms with van der Waals surface area (Å²) < 4.78 is 4.99. The van der Waals surface area contributed by atoms with Crippen molar-refractivity contribution in [1.82, 2.24) is 0 Å². The van der Waals surface area contributed by atoms with Crippen LogP contribution in [-0.4, -0.2) is 32.6 Å².